The first kappa shape index (κ1) is 24.9. The number of carbonyl (C=O) groups is 1. The normalized spacial score (nSPS) is 13.6. The minimum Gasteiger partial charge on any atom is -0.497 e. The van der Waals surface area contributed by atoms with Gasteiger partial charge in [0.1, 0.15) is 5.75 Å². The van der Waals surface area contributed by atoms with Gasteiger partial charge in [-0.2, -0.15) is 0 Å². The van der Waals surface area contributed by atoms with Crippen molar-refractivity contribution in [2.75, 3.05) is 30.8 Å². The van der Waals surface area contributed by atoms with Crippen molar-refractivity contribution in [1.29, 1.82) is 0 Å². The predicted octanol–water partition coefficient (Wildman–Crippen LogP) is 4.49. The van der Waals surface area contributed by atoms with Crippen LogP contribution in [0.1, 0.15) is 45.1 Å². The maximum Gasteiger partial charge on any atom is 0.261 e. The fourth-order valence-electron chi connectivity index (χ4n) is 4.01. The summed E-state index contributed by atoms with van der Waals surface area (Å²) >= 11 is 0. The molecule has 0 bridgehead atoms. The number of rotatable bonds is 11. The van der Waals surface area contributed by atoms with Crippen molar-refractivity contribution in [2.45, 2.75) is 57.0 Å². The Bertz CT molecular complexity index is 1060. The number of benzene rings is 2. The molecule has 1 fully saturated rings. The van der Waals surface area contributed by atoms with E-state index in [4.69, 9.17) is 4.74 Å². The van der Waals surface area contributed by atoms with Crippen LogP contribution in [-0.2, 0) is 21.4 Å². The average molecular weight is 474 g/mol. The van der Waals surface area contributed by atoms with E-state index in [9.17, 15) is 13.2 Å². The van der Waals surface area contributed by atoms with E-state index in [2.05, 4.69) is 18.6 Å². The molecule has 180 valence electrons. The molecule has 0 radical (unpaired) electrons. The first-order valence-electron chi connectivity index (χ1n) is 11.5. The van der Waals surface area contributed by atoms with E-state index < -0.39 is 10.0 Å². The van der Waals surface area contributed by atoms with Gasteiger partial charge in [0.2, 0.25) is 5.91 Å². The van der Waals surface area contributed by atoms with Gasteiger partial charge in [0.15, 0.2) is 0 Å². The Morgan fingerprint density at radius 3 is 2.24 bits per heavy atom. The van der Waals surface area contributed by atoms with Crippen LogP contribution < -0.4 is 14.4 Å². The number of nitrogens with zero attached hydrogens (tertiary/aromatic N) is 2. The van der Waals surface area contributed by atoms with Gasteiger partial charge >= 0.3 is 0 Å². The zero-order valence-corrected chi connectivity index (χ0v) is 21.0. The lowest BCUT2D eigenvalue weighted by Gasteiger charge is -2.29. The van der Waals surface area contributed by atoms with E-state index in [0.717, 1.165) is 36.9 Å². The highest BCUT2D eigenvalue weighted by atomic mass is 32.2. The second-order valence-electron chi connectivity index (χ2n) is 8.73. The van der Waals surface area contributed by atoms with E-state index in [-0.39, 0.29) is 22.8 Å². The highest BCUT2D eigenvalue weighted by Crippen LogP contribution is 2.34. The molecule has 8 heteroatoms. The third-order valence-corrected chi connectivity index (χ3v) is 7.53. The Morgan fingerprint density at radius 1 is 1.09 bits per heavy atom. The topological polar surface area (TPSA) is 79.0 Å². The number of carbonyl (C=O) groups excluding carboxylic acids is 1. The number of hydrogen-bond donors (Lipinski definition) is 1. The fraction of sp³-hybridized carbons (Fsp3) is 0.480. The molecule has 0 unspecified atom stereocenters. The van der Waals surface area contributed by atoms with Crippen LogP contribution in [0.3, 0.4) is 0 Å². The Balaban J connectivity index is 1.89. The summed E-state index contributed by atoms with van der Waals surface area (Å²) < 4.78 is 33.6. The van der Waals surface area contributed by atoms with E-state index >= 15 is 0 Å². The average Bonchev–Trinajstić information content (AvgIpc) is 3.63. The van der Waals surface area contributed by atoms with Gasteiger partial charge in [0, 0.05) is 44.0 Å². The summed E-state index contributed by atoms with van der Waals surface area (Å²) in [6.07, 6.45) is 3.68. The van der Waals surface area contributed by atoms with Crippen molar-refractivity contribution >= 4 is 27.3 Å². The summed E-state index contributed by atoms with van der Waals surface area (Å²) in [6, 6.07) is 12.0. The van der Waals surface area contributed by atoms with Crippen LogP contribution in [0.4, 0.5) is 11.4 Å². The fourth-order valence-corrected chi connectivity index (χ4v) is 5.06. The van der Waals surface area contributed by atoms with Gasteiger partial charge in [0.05, 0.1) is 12.0 Å². The number of hydrogen-bond acceptors (Lipinski definition) is 5. The lowest BCUT2D eigenvalue weighted by atomic mass is 10.0. The molecule has 0 aliphatic heterocycles. The third kappa shape index (κ3) is 5.99. The van der Waals surface area contributed by atoms with Gasteiger partial charge in [-0.1, -0.05) is 13.8 Å². The van der Waals surface area contributed by atoms with Crippen molar-refractivity contribution in [1.82, 2.24) is 4.90 Å². The molecule has 1 N–H and O–H groups in total. The lowest BCUT2D eigenvalue weighted by molar-refractivity contribution is -0.137. The van der Waals surface area contributed by atoms with Gasteiger partial charge in [-0.15, -0.1) is 0 Å². The molecule has 0 heterocycles. The van der Waals surface area contributed by atoms with Crippen molar-refractivity contribution in [3.63, 3.8) is 0 Å². The molecule has 1 amide bonds. The number of sulfonamides is 1. The van der Waals surface area contributed by atoms with Crippen LogP contribution in [0, 0.1) is 5.92 Å². The number of nitrogens with one attached hydrogen (secondary N) is 1. The zero-order valence-electron chi connectivity index (χ0n) is 20.2. The van der Waals surface area contributed by atoms with Gasteiger partial charge in [-0.3, -0.25) is 9.52 Å². The van der Waals surface area contributed by atoms with Gasteiger partial charge in [-0.25, -0.2) is 8.42 Å². The van der Waals surface area contributed by atoms with Crippen molar-refractivity contribution in [3.8, 4) is 5.75 Å². The maximum atomic E-state index is 13.2. The SMILES string of the molecule is CCC(CC)C(=O)N(Cc1cc(NS(=O)(=O)c2ccc(OC)cc2)ccc1N(C)C)C1CC1. The smallest absolute Gasteiger partial charge is 0.261 e. The first-order valence-corrected chi connectivity index (χ1v) is 13.0. The molecule has 33 heavy (non-hydrogen) atoms. The molecule has 3 rings (SSSR count). The molecule has 2 aromatic rings. The van der Waals surface area contributed by atoms with Crippen molar-refractivity contribution < 1.29 is 17.9 Å². The van der Waals surface area contributed by atoms with Crippen LogP contribution in [0.5, 0.6) is 5.75 Å². The quantitative estimate of drug-likeness (QED) is 0.520. The standard InChI is InChI=1S/C25H35N3O4S/c1-6-18(7-2)25(29)28(21-9-10-21)17-19-16-20(8-15-24(19)27(3)4)26-33(30,31)23-13-11-22(32-5)12-14-23/h8,11-16,18,21,26H,6-7,9-10,17H2,1-5H3. The Kier molecular flexibility index (Phi) is 7.89. The van der Waals surface area contributed by atoms with Crippen LogP contribution >= 0.6 is 0 Å². The molecule has 0 saturated heterocycles. The highest BCUT2D eigenvalue weighted by Gasteiger charge is 2.35. The van der Waals surface area contributed by atoms with Crippen LogP contribution in [-0.4, -0.2) is 46.5 Å². The maximum absolute atomic E-state index is 13.2. The number of methoxy groups -OCH3 is 1. The molecule has 0 spiro atoms. The Labute approximate surface area is 197 Å². The molecular formula is C25H35N3O4S. The van der Waals surface area contributed by atoms with E-state index in [1.54, 1.807) is 18.2 Å². The molecule has 1 saturated carbocycles. The number of ether oxygens (including phenoxy) is 1. The molecule has 0 aromatic heterocycles. The van der Waals surface area contributed by atoms with Gasteiger partial charge < -0.3 is 14.5 Å². The summed E-state index contributed by atoms with van der Waals surface area (Å²) in [6.45, 7) is 4.57. The second-order valence-corrected chi connectivity index (χ2v) is 10.4. The summed E-state index contributed by atoms with van der Waals surface area (Å²) in [5, 5.41) is 0. The van der Waals surface area contributed by atoms with Gasteiger partial charge in [0.25, 0.3) is 10.0 Å². The molecule has 0 atom stereocenters. The zero-order chi connectivity index (χ0) is 24.2. The minimum absolute atomic E-state index is 0.0187. The summed E-state index contributed by atoms with van der Waals surface area (Å²) in [5.41, 5.74) is 2.35. The molecule has 1 aliphatic rings. The Morgan fingerprint density at radius 2 is 1.73 bits per heavy atom. The van der Waals surface area contributed by atoms with Crippen LogP contribution in [0.25, 0.3) is 0 Å². The molecule has 2 aromatic carbocycles. The predicted molar refractivity (Wildman–Crippen MR) is 132 cm³/mol. The summed E-state index contributed by atoms with van der Waals surface area (Å²) in [7, 11) is 1.68. The molecule has 7 nitrogen and oxygen atoms in total. The van der Waals surface area contributed by atoms with Crippen molar-refractivity contribution in [3.05, 3.63) is 48.0 Å². The third-order valence-electron chi connectivity index (χ3n) is 6.13. The summed E-state index contributed by atoms with van der Waals surface area (Å²) in [4.78, 5) is 17.3. The first-order chi connectivity index (χ1) is 15.7. The monoisotopic (exact) mass is 473 g/mol. The second kappa shape index (κ2) is 10.5. The van der Waals surface area contributed by atoms with E-state index in [1.807, 2.05) is 36.0 Å². The largest absolute Gasteiger partial charge is 0.497 e. The van der Waals surface area contributed by atoms with E-state index in [0.29, 0.717) is 18.0 Å². The summed E-state index contributed by atoms with van der Waals surface area (Å²) in [5.74, 6) is 0.801. The van der Waals surface area contributed by atoms with Crippen LogP contribution in [0.2, 0.25) is 0 Å². The highest BCUT2D eigenvalue weighted by molar-refractivity contribution is 7.92. The Hall–Kier alpha value is -2.74. The number of anilines is 2. The van der Waals surface area contributed by atoms with Crippen molar-refractivity contribution in [2.24, 2.45) is 5.92 Å². The van der Waals surface area contributed by atoms with Crippen LogP contribution in [0.15, 0.2) is 47.4 Å². The lowest BCUT2D eigenvalue weighted by Crippen LogP contribution is -2.37. The van der Waals surface area contributed by atoms with Gasteiger partial charge in [-0.05, 0) is 73.7 Å². The molecular weight excluding hydrogens is 438 g/mol. The number of amides is 1. The molecule has 1 aliphatic carbocycles. The van der Waals surface area contributed by atoms with E-state index in [1.165, 1.54) is 19.2 Å². The minimum atomic E-state index is -3.76.